The van der Waals surface area contributed by atoms with Crippen LogP contribution in [0.4, 0.5) is 5.69 Å². The van der Waals surface area contributed by atoms with E-state index in [9.17, 15) is 9.90 Å². The van der Waals surface area contributed by atoms with Crippen molar-refractivity contribution in [2.45, 2.75) is 6.92 Å². The molecule has 0 aromatic heterocycles. The molecule has 0 aliphatic rings. The highest BCUT2D eigenvalue weighted by molar-refractivity contribution is 7.80. The van der Waals surface area contributed by atoms with Crippen molar-refractivity contribution >= 4 is 46.8 Å². The Morgan fingerprint density at radius 3 is 2.72 bits per heavy atom. The summed E-state index contributed by atoms with van der Waals surface area (Å²) >= 11 is 11.2. The normalized spacial score (nSPS) is 10.5. The van der Waals surface area contributed by atoms with Crippen LogP contribution in [0.3, 0.4) is 0 Å². The second-order valence-corrected chi connectivity index (χ2v) is 5.78. The number of thiocarbonyl (C=S) groups is 1. The van der Waals surface area contributed by atoms with Crippen molar-refractivity contribution in [3.63, 3.8) is 0 Å². The van der Waals surface area contributed by atoms with Crippen LogP contribution >= 0.6 is 23.8 Å². The number of anilines is 1. The number of ether oxygens (including phenoxy) is 1. The Hall–Kier alpha value is -2.64. The predicted molar refractivity (Wildman–Crippen MR) is 100 cm³/mol. The van der Waals surface area contributed by atoms with Crippen LogP contribution in [-0.2, 0) is 4.79 Å². The van der Waals surface area contributed by atoms with E-state index in [1.54, 1.807) is 36.5 Å². The van der Waals surface area contributed by atoms with Gasteiger partial charge in [0.2, 0.25) is 0 Å². The number of rotatable bonds is 6. The standard InChI is InChI=1S/C17H16ClN3O3S/c1-11-14(18)3-2-4-15(11)20-17(25)21-19-9-12-5-7-13(8-6-12)24-10-16(22)23/h2-9H,10H2,1H3,(H,22,23)(H2,20,21,25)/p-1/b19-9-. The number of carboxylic acids is 1. The Morgan fingerprint density at radius 2 is 2.04 bits per heavy atom. The number of hydrogen-bond acceptors (Lipinski definition) is 5. The van der Waals surface area contributed by atoms with Crippen LogP contribution in [-0.4, -0.2) is 23.9 Å². The van der Waals surface area contributed by atoms with Crippen molar-refractivity contribution in [3.05, 3.63) is 58.6 Å². The number of hydrazone groups is 1. The number of carbonyl (C=O) groups excluding carboxylic acids is 1. The van der Waals surface area contributed by atoms with Gasteiger partial charge < -0.3 is 20.0 Å². The molecule has 130 valence electrons. The van der Waals surface area contributed by atoms with Gasteiger partial charge in [-0.1, -0.05) is 17.7 Å². The first kappa shape index (κ1) is 18.7. The second kappa shape index (κ2) is 9.00. The van der Waals surface area contributed by atoms with Crippen molar-refractivity contribution in [1.82, 2.24) is 5.43 Å². The van der Waals surface area contributed by atoms with E-state index >= 15 is 0 Å². The van der Waals surface area contributed by atoms with Gasteiger partial charge in [-0.2, -0.15) is 5.10 Å². The smallest absolute Gasteiger partial charge is 0.191 e. The zero-order valence-electron chi connectivity index (χ0n) is 13.3. The molecule has 2 N–H and O–H groups in total. The summed E-state index contributed by atoms with van der Waals surface area (Å²) in [5.74, 6) is -0.839. The minimum absolute atomic E-state index is 0.329. The van der Waals surface area contributed by atoms with Gasteiger partial charge in [0.25, 0.3) is 0 Å². The molecular formula is C17H15ClN3O3S-. The van der Waals surface area contributed by atoms with Crippen LogP contribution < -0.4 is 20.6 Å². The summed E-state index contributed by atoms with van der Waals surface area (Å²) in [5.41, 5.74) is 5.19. The maximum absolute atomic E-state index is 10.3. The average Bonchev–Trinajstić information content (AvgIpc) is 2.58. The van der Waals surface area contributed by atoms with Crippen molar-refractivity contribution in [2.75, 3.05) is 11.9 Å². The lowest BCUT2D eigenvalue weighted by atomic mass is 10.2. The Kier molecular flexibility index (Phi) is 6.73. The van der Waals surface area contributed by atoms with Gasteiger partial charge in [-0.25, -0.2) is 0 Å². The molecule has 0 spiro atoms. The zero-order valence-corrected chi connectivity index (χ0v) is 14.9. The molecule has 0 fully saturated rings. The molecule has 0 heterocycles. The molecule has 2 rings (SSSR count). The van der Waals surface area contributed by atoms with E-state index in [0.717, 1.165) is 16.8 Å². The highest BCUT2D eigenvalue weighted by Gasteiger charge is 2.03. The lowest BCUT2D eigenvalue weighted by molar-refractivity contribution is -0.307. The fourth-order valence-corrected chi connectivity index (χ4v) is 2.19. The number of benzene rings is 2. The molecule has 6 nitrogen and oxygen atoms in total. The number of nitrogens with zero attached hydrogens (tertiary/aromatic N) is 1. The van der Waals surface area contributed by atoms with Gasteiger partial charge in [0.15, 0.2) is 5.11 Å². The van der Waals surface area contributed by atoms with Gasteiger partial charge in [-0.05, 0) is 66.7 Å². The fraction of sp³-hybridized carbons (Fsp3) is 0.118. The van der Waals surface area contributed by atoms with Crippen LogP contribution in [0.25, 0.3) is 0 Å². The molecule has 0 aliphatic carbocycles. The largest absolute Gasteiger partial charge is 0.546 e. The molecule has 0 saturated heterocycles. The topological polar surface area (TPSA) is 85.8 Å². The maximum Gasteiger partial charge on any atom is 0.191 e. The summed E-state index contributed by atoms with van der Waals surface area (Å²) in [4.78, 5) is 10.3. The number of aliphatic carboxylic acids is 1. The Balaban J connectivity index is 1.86. The number of nitrogens with one attached hydrogen (secondary N) is 2. The summed E-state index contributed by atoms with van der Waals surface area (Å²) in [5, 5.41) is 18.4. The first-order valence-electron chi connectivity index (χ1n) is 7.23. The minimum Gasteiger partial charge on any atom is -0.546 e. The van der Waals surface area contributed by atoms with Crippen molar-refractivity contribution in [3.8, 4) is 5.75 Å². The summed E-state index contributed by atoms with van der Waals surface area (Å²) < 4.78 is 4.99. The summed E-state index contributed by atoms with van der Waals surface area (Å²) in [6, 6.07) is 12.2. The van der Waals surface area contributed by atoms with Gasteiger partial charge in [0.05, 0.1) is 12.2 Å². The quantitative estimate of drug-likeness (QED) is 0.456. The Morgan fingerprint density at radius 1 is 1.32 bits per heavy atom. The molecule has 8 heteroatoms. The number of hydrogen-bond donors (Lipinski definition) is 2. The SMILES string of the molecule is Cc1c(Cl)cccc1NC(=S)N/N=C\c1ccc(OCC(=O)[O-])cc1. The molecule has 0 unspecified atom stereocenters. The highest BCUT2D eigenvalue weighted by atomic mass is 35.5. The third-order valence-corrected chi connectivity index (χ3v) is 3.74. The van der Waals surface area contributed by atoms with Crippen molar-refractivity contribution < 1.29 is 14.6 Å². The van der Waals surface area contributed by atoms with Gasteiger partial charge >= 0.3 is 0 Å². The highest BCUT2D eigenvalue weighted by Crippen LogP contribution is 2.22. The zero-order chi connectivity index (χ0) is 18.2. The Bertz CT molecular complexity index is 794. The van der Waals surface area contributed by atoms with E-state index in [2.05, 4.69) is 15.8 Å². The fourth-order valence-electron chi connectivity index (χ4n) is 1.85. The van der Waals surface area contributed by atoms with Crippen molar-refractivity contribution in [1.29, 1.82) is 0 Å². The van der Waals surface area contributed by atoms with Crippen LogP contribution in [0, 0.1) is 6.92 Å². The number of carboxylic acid groups (broad SMARTS) is 1. The van der Waals surface area contributed by atoms with Gasteiger partial charge in [-0.15, -0.1) is 0 Å². The Labute approximate surface area is 155 Å². The lowest BCUT2D eigenvalue weighted by Gasteiger charge is -2.10. The second-order valence-electron chi connectivity index (χ2n) is 4.97. The molecular weight excluding hydrogens is 362 g/mol. The molecule has 2 aromatic rings. The first-order chi connectivity index (χ1) is 12.0. The van der Waals surface area contributed by atoms with Crippen LogP contribution in [0.15, 0.2) is 47.6 Å². The summed E-state index contributed by atoms with van der Waals surface area (Å²) in [6.07, 6.45) is 1.57. The molecule has 0 radical (unpaired) electrons. The van der Waals surface area contributed by atoms with Crippen LogP contribution in [0.2, 0.25) is 5.02 Å². The van der Waals surface area contributed by atoms with E-state index in [1.165, 1.54) is 0 Å². The van der Waals surface area contributed by atoms with Crippen LogP contribution in [0.1, 0.15) is 11.1 Å². The molecule has 0 atom stereocenters. The molecule has 2 aromatic carbocycles. The molecule has 0 amide bonds. The van der Waals surface area contributed by atoms with E-state index in [1.807, 2.05) is 19.1 Å². The monoisotopic (exact) mass is 376 g/mol. The summed E-state index contributed by atoms with van der Waals surface area (Å²) in [6.45, 7) is 1.40. The lowest BCUT2D eigenvalue weighted by Crippen LogP contribution is -2.28. The van der Waals surface area contributed by atoms with Gasteiger partial charge in [0.1, 0.15) is 12.4 Å². The van der Waals surface area contributed by atoms with Gasteiger partial charge in [-0.3, -0.25) is 5.43 Å². The first-order valence-corrected chi connectivity index (χ1v) is 8.02. The van der Waals surface area contributed by atoms with E-state index in [0.29, 0.717) is 15.9 Å². The summed E-state index contributed by atoms with van der Waals surface area (Å²) in [7, 11) is 0. The molecule has 0 aliphatic heterocycles. The predicted octanol–water partition coefficient (Wildman–Crippen LogP) is 2.10. The van der Waals surface area contributed by atoms with E-state index < -0.39 is 12.6 Å². The van der Waals surface area contributed by atoms with E-state index in [4.69, 9.17) is 28.6 Å². The van der Waals surface area contributed by atoms with Gasteiger partial charge in [0, 0.05) is 10.7 Å². The maximum atomic E-state index is 10.3. The molecule has 0 bridgehead atoms. The van der Waals surface area contributed by atoms with E-state index in [-0.39, 0.29) is 0 Å². The van der Waals surface area contributed by atoms with Crippen LogP contribution in [0.5, 0.6) is 5.75 Å². The molecule has 25 heavy (non-hydrogen) atoms. The third kappa shape index (κ3) is 6.06. The average molecular weight is 377 g/mol. The molecule has 0 saturated carbocycles. The number of halogens is 1. The van der Waals surface area contributed by atoms with Crippen molar-refractivity contribution in [2.24, 2.45) is 5.10 Å². The number of carbonyl (C=O) groups is 1. The third-order valence-electron chi connectivity index (χ3n) is 3.13. The minimum atomic E-state index is -1.27.